The minimum absolute atomic E-state index is 0.0156. The van der Waals surface area contributed by atoms with Gasteiger partial charge in [-0.1, -0.05) is 0 Å². The van der Waals surface area contributed by atoms with Crippen molar-refractivity contribution < 1.29 is 9.13 Å². The second-order valence-electron chi connectivity index (χ2n) is 2.16. The van der Waals surface area contributed by atoms with Crippen molar-refractivity contribution in [1.29, 1.82) is 5.41 Å². The number of benzene rings is 1. The van der Waals surface area contributed by atoms with Gasteiger partial charge in [-0.2, -0.15) is 0 Å². The Bertz CT molecular complexity index is 314. The number of hydrogen-bond donors (Lipinski definition) is 1. The molecule has 64 valence electrons. The highest BCUT2D eigenvalue weighted by atomic mass is 79.9. The first-order valence-corrected chi connectivity index (χ1v) is 4.02. The van der Waals surface area contributed by atoms with Gasteiger partial charge in [0.15, 0.2) is 0 Å². The van der Waals surface area contributed by atoms with E-state index in [2.05, 4.69) is 20.7 Å². The molecule has 0 heterocycles. The molecule has 0 saturated heterocycles. The Labute approximate surface area is 78.0 Å². The molecule has 0 aromatic heterocycles. The Morgan fingerprint density at radius 3 is 2.75 bits per heavy atom. The van der Waals surface area contributed by atoms with E-state index < -0.39 is 0 Å². The fraction of sp³-hybridized carbons (Fsp3) is 0.125. The molecule has 0 aliphatic carbocycles. The van der Waals surface area contributed by atoms with E-state index in [0.29, 0.717) is 10.0 Å². The van der Waals surface area contributed by atoms with Crippen LogP contribution >= 0.6 is 15.9 Å². The molecule has 0 aliphatic rings. The van der Waals surface area contributed by atoms with Gasteiger partial charge in [-0.25, -0.2) is 4.39 Å². The summed E-state index contributed by atoms with van der Waals surface area (Å²) in [7, 11) is 1.40. The van der Waals surface area contributed by atoms with Crippen LogP contribution in [0.5, 0.6) is 0 Å². The highest BCUT2D eigenvalue weighted by Gasteiger charge is 2.06. The molecule has 0 amide bonds. The van der Waals surface area contributed by atoms with E-state index in [0.717, 1.165) is 0 Å². The summed E-state index contributed by atoms with van der Waals surface area (Å²) in [5, 5.41) is 7.32. The lowest BCUT2D eigenvalue weighted by molar-refractivity contribution is 0.401. The van der Waals surface area contributed by atoms with Gasteiger partial charge in [-0.3, -0.25) is 5.41 Å². The van der Waals surface area contributed by atoms with Crippen LogP contribution in [0.3, 0.4) is 0 Å². The Morgan fingerprint density at radius 1 is 1.58 bits per heavy atom. The van der Waals surface area contributed by atoms with E-state index in [4.69, 9.17) is 5.41 Å². The molecule has 0 radical (unpaired) electrons. The van der Waals surface area contributed by atoms with Crippen molar-refractivity contribution in [2.75, 3.05) is 7.11 Å². The highest BCUT2D eigenvalue weighted by molar-refractivity contribution is 9.10. The quantitative estimate of drug-likeness (QED) is 0.585. The third kappa shape index (κ3) is 1.82. The molecule has 1 N–H and O–H groups in total. The fourth-order valence-corrected chi connectivity index (χ4v) is 1.31. The van der Waals surface area contributed by atoms with Crippen molar-refractivity contribution in [3.8, 4) is 0 Å². The summed E-state index contributed by atoms with van der Waals surface area (Å²) in [5.41, 5.74) is 0.541. The van der Waals surface area contributed by atoms with Gasteiger partial charge < -0.3 is 4.74 Å². The molecule has 4 heteroatoms. The highest BCUT2D eigenvalue weighted by Crippen LogP contribution is 2.18. The molecule has 1 aromatic rings. The molecule has 2 nitrogen and oxygen atoms in total. The Balaban J connectivity index is 3.09. The molecule has 0 fully saturated rings. The summed E-state index contributed by atoms with van der Waals surface area (Å²) in [5.74, 6) is -0.323. The first kappa shape index (κ1) is 9.19. The van der Waals surface area contributed by atoms with Crippen molar-refractivity contribution in [3.63, 3.8) is 0 Å². The summed E-state index contributed by atoms with van der Waals surface area (Å²) in [4.78, 5) is 0. The second-order valence-corrected chi connectivity index (χ2v) is 3.01. The largest absolute Gasteiger partial charge is 0.481 e. The van der Waals surface area contributed by atoms with Crippen LogP contribution in [0, 0.1) is 11.2 Å². The van der Waals surface area contributed by atoms with Crippen LogP contribution in [-0.2, 0) is 4.74 Å². The van der Waals surface area contributed by atoms with Gasteiger partial charge in [-0.05, 0) is 34.1 Å². The lowest BCUT2D eigenvalue weighted by atomic mass is 10.2. The third-order valence-corrected chi connectivity index (χ3v) is 2.04. The molecule has 0 bridgehead atoms. The van der Waals surface area contributed by atoms with Crippen LogP contribution < -0.4 is 0 Å². The number of methoxy groups -OCH3 is 1. The lowest BCUT2D eigenvalue weighted by Crippen LogP contribution is -2.02. The van der Waals surface area contributed by atoms with E-state index in [1.54, 1.807) is 0 Å². The number of hydrogen-bond acceptors (Lipinski definition) is 2. The zero-order valence-electron chi connectivity index (χ0n) is 6.40. The van der Waals surface area contributed by atoms with Gasteiger partial charge in [0, 0.05) is 4.47 Å². The van der Waals surface area contributed by atoms with Crippen LogP contribution in [0.4, 0.5) is 4.39 Å². The first-order chi connectivity index (χ1) is 5.65. The predicted molar refractivity (Wildman–Crippen MR) is 47.9 cm³/mol. The maximum absolute atomic E-state index is 12.6. The molecule has 0 spiro atoms. The van der Waals surface area contributed by atoms with Crippen molar-refractivity contribution in [1.82, 2.24) is 0 Å². The molecular formula is C8H7BrFNO. The molecular weight excluding hydrogens is 225 g/mol. The van der Waals surface area contributed by atoms with Crippen molar-refractivity contribution >= 4 is 21.8 Å². The van der Waals surface area contributed by atoms with E-state index >= 15 is 0 Å². The minimum atomic E-state index is -0.338. The summed E-state index contributed by atoms with van der Waals surface area (Å²) < 4.78 is 17.8. The Morgan fingerprint density at radius 2 is 2.25 bits per heavy atom. The molecule has 12 heavy (non-hydrogen) atoms. The van der Waals surface area contributed by atoms with Crippen LogP contribution in [0.15, 0.2) is 22.7 Å². The van der Waals surface area contributed by atoms with Crippen LogP contribution in [0.1, 0.15) is 5.56 Å². The Hall–Kier alpha value is -0.900. The monoisotopic (exact) mass is 231 g/mol. The smallest absolute Gasteiger partial charge is 0.214 e. The van der Waals surface area contributed by atoms with Crippen molar-refractivity contribution in [2.24, 2.45) is 0 Å². The zero-order valence-corrected chi connectivity index (χ0v) is 7.98. The van der Waals surface area contributed by atoms with Crippen molar-refractivity contribution in [3.05, 3.63) is 34.1 Å². The predicted octanol–water partition coefficient (Wildman–Crippen LogP) is 2.56. The van der Waals surface area contributed by atoms with Gasteiger partial charge in [0.1, 0.15) is 5.82 Å². The molecule has 1 rings (SSSR count). The maximum atomic E-state index is 12.6. The van der Waals surface area contributed by atoms with E-state index in [9.17, 15) is 4.39 Å². The van der Waals surface area contributed by atoms with E-state index in [1.165, 1.54) is 25.3 Å². The van der Waals surface area contributed by atoms with Crippen LogP contribution in [-0.4, -0.2) is 13.0 Å². The van der Waals surface area contributed by atoms with Gasteiger partial charge in [0.2, 0.25) is 5.90 Å². The summed E-state index contributed by atoms with van der Waals surface area (Å²) in [6.07, 6.45) is 0. The topological polar surface area (TPSA) is 33.1 Å². The van der Waals surface area contributed by atoms with Gasteiger partial charge in [-0.15, -0.1) is 0 Å². The summed E-state index contributed by atoms with van der Waals surface area (Å²) in [6, 6.07) is 4.07. The average molecular weight is 232 g/mol. The molecule has 0 atom stereocenters. The maximum Gasteiger partial charge on any atom is 0.214 e. The zero-order chi connectivity index (χ0) is 9.14. The van der Waals surface area contributed by atoms with Crippen LogP contribution in [0.25, 0.3) is 0 Å². The molecule has 1 aromatic carbocycles. The summed E-state index contributed by atoms with van der Waals surface area (Å²) in [6.45, 7) is 0. The molecule has 0 saturated carbocycles. The number of ether oxygens (including phenoxy) is 1. The normalized spacial score (nSPS) is 9.58. The Kier molecular flexibility index (Phi) is 2.81. The van der Waals surface area contributed by atoms with E-state index in [-0.39, 0.29) is 11.7 Å². The number of nitrogens with one attached hydrogen (secondary N) is 1. The van der Waals surface area contributed by atoms with Crippen LogP contribution in [0.2, 0.25) is 0 Å². The van der Waals surface area contributed by atoms with Gasteiger partial charge >= 0.3 is 0 Å². The second kappa shape index (κ2) is 3.67. The first-order valence-electron chi connectivity index (χ1n) is 3.23. The number of halogens is 2. The average Bonchev–Trinajstić information content (AvgIpc) is 2.03. The number of rotatable bonds is 1. The minimum Gasteiger partial charge on any atom is -0.481 e. The van der Waals surface area contributed by atoms with Gasteiger partial charge in [0.05, 0.1) is 12.7 Å². The van der Waals surface area contributed by atoms with E-state index in [1.807, 2.05) is 0 Å². The standard InChI is InChI=1S/C8H7BrFNO/c1-12-8(11)6-3-2-5(10)4-7(6)9/h2-4,11H,1H3. The molecule has 0 aliphatic heterocycles. The molecule has 0 unspecified atom stereocenters. The fourth-order valence-electron chi connectivity index (χ4n) is 0.784. The van der Waals surface area contributed by atoms with Crippen molar-refractivity contribution in [2.45, 2.75) is 0 Å². The van der Waals surface area contributed by atoms with Gasteiger partial charge in [0.25, 0.3) is 0 Å². The lowest BCUT2D eigenvalue weighted by Gasteiger charge is -2.03. The SMILES string of the molecule is COC(=N)c1ccc(F)cc1Br. The summed E-state index contributed by atoms with van der Waals surface area (Å²) >= 11 is 3.13. The third-order valence-electron chi connectivity index (χ3n) is 1.38.